The summed E-state index contributed by atoms with van der Waals surface area (Å²) >= 11 is 0. The van der Waals surface area contributed by atoms with Crippen LogP contribution >= 0.6 is 0 Å². The summed E-state index contributed by atoms with van der Waals surface area (Å²) in [5.74, 6) is -0.753. The third-order valence-electron chi connectivity index (χ3n) is 4.43. The first-order valence-electron chi connectivity index (χ1n) is 9.09. The third kappa shape index (κ3) is 5.08. The number of sulfonamides is 1. The molecule has 152 valence electrons. The first-order valence-corrected chi connectivity index (χ1v) is 10.5. The van der Waals surface area contributed by atoms with E-state index in [-0.39, 0.29) is 17.3 Å². The molecule has 6 nitrogen and oxygen atoms in total. The average molecular weight is 408 g/mol. The van der Waals surface area contributed by atoms with Crippen LogP contribution in [0.15, 0.2) is 41.3 Å². The first-order chi connectivity index (χ1) is 13.2. The van der Waals surface area contributed by atoms with Gasteiger partial charge in [0.1, 0.15) is 5.82 Å². The van der Waals surface area contributed by atoms with Gasteiger partial charge in [-0.25, -0.2) is 12.8 Å². The summed E-state index contributed by atoms with van der Waals surface area (Å²) < 4.78 is 40.3. The monoisotopic (exact) mass is 407 g/mol. The number of halogens is 1. The second-order valence-electron chi connectivity index (χ2n) is 6.43. The van der Waals surface area contributed by atoms with E-state index in [1.807, 2.05) is 6.92 Å². The van der Waals surface area contributed by atoms with E-state index in [0.717, 1.165) is 5.56 Å². The summed E-state index contributed by atoms with van der Waals surface area (Å²) in [5.41, 5.74) is 2.35. The summed E-state index contributed by atoms with van der Waals surface area (Å²) in [6.45, 7) is 7.75. The van der Waals surface area contributed by atoms with Crippen LogP contribution in [0.25, 0.3) is 0 Å². The van der Waals surface area contributed by atoms with Gasteiger partial charge in [-0.1, -0.05) is 26.0 Å². The van der Waals surface area contributed by atoms with Gasteiger partial charge in [0.2, 0.25) is 15.9 Å². The number of rotatable bonds is 8. The van der Waals surface area contributed by atoms with Gasteiger partial charge in [-0.3, -0.25) is 4.79 Å². The molecule has 0 bridgehead atoms. The molecule has 2 aromatic carbocycles. The topological polar surface area (TPSA) is 78.5 Å². The lowest BCUT2D eigenvalue weighted by molar-refractivity contribution is -0.114. The van der Waals surface area contributed by atoms with Gasteiger partial charge in [-0.05, 0) is 49.2 Å². The van der Waals surface area contributed by atoms with Crippen molar-refractivity contribution < 1.29 is 17.6 Å². The predicted octanol–water partition coefficient (Wildman–Crippen LogP) is 3.52. The number of hydrogen-bond donors (Lipinski definition) is 2. The van der Waals surface area contributed by atoms with Crippen LogP contribution in [-0.4, -0.2) is 38.3 Å². The normalized spacial score (nSPS) is 11.5. The Morgan fingerprint density at radius 1 is 1.04 bits per heavy atom. The minimum absolute atomic E-state index is 0.0731. The highest BCUT2D eigenvalue weighted by Gasteiger charge is 2.24. The Morgan fingerprint density at radius 3 is 2.32 bits per heavy atom. The lowest BCUT2D eigenvalue weighted by Crippen LogP contribution is -2.31. The van der Waals surface area contributed by atoms with Crippen molar-refractivity contribution in [3.8, 4) is 0 Å². The molecule has 0 fully saturated rings. The first kappa shape index (κ1) is 21.8. The van der Waals surface area contributed by atoms with Gasteiger partial charge in [0.05, 0.1) is 11.4 Å². The number of amides is 1. The average Bonchev–Trinajstić information content (AvgIpc) is 2.64. The SMILES string of the molecule is CCN(CC)S(=O)(=O)c1cc(NC(=O)CNc2cc(F)ccc2C)ccc1C. The van der Waals surface area contributed by atoms with Crippen molar-refractivity contribution in [3.63, 3.8) is 0 Å². The molecule has 0 aliphatic heterocycles. The van der Waals surface area contributed by atoms with Gasteiger partial charge in [-0.2, -0.15) is 4.31 Å². The van der Waals surface area contributed by atoms with Gasteiger partial charge in [0, 0.05) is 24.5 Å². The molecule has 2 N–H and O–H groups in total. The molecular formula is C20H26FN3O3S. The number of carbonyl (C=O) groups excluding carboxylic acids is 1. The molecule has 0 saturated heterocycles. The third-order valence-corrected chi connectivity index (χ3v) is 6.63. The van der Waals surface area contributed by atoms with E-state index in [1.54, 1.807) is 39.0 Å². The van der Waals surface area contributed by atoms with E-state index in [2.05, 4.69) is 10.6 Å². The zero-order valence-electron chi connectivity index (χ0n) is 16.5. The zero-order valence-corrected chi connectivity index (χ0v) is 17.4. The molecular weight excluding hydrogens is 381 g/mol. The van der Waals surface area contributed by atoms with Crippen LogP contribution in [0.3, 0.4) is 0 Å². The Kier molecular flexibility index (Phi) is 7.15. The van der Waals surface area contributed by atoms with Crippen molar-refractivity contribution in [3.05, 3.63) is 53.3 Å². The quantitative estimate of drug-likeness (QED) is 0.702. The van der Waals surface area contributed by atoms with Crippen molar-refractivity contribution in [2.75, 3.05) is 30.3 Å². The molecule has 2 rings (SSSR count). The Bertz CT molecular complexity index is 957. The number of anilines is 2. The van der Waals surface area contributed by atoms with Crippen LogP contribution in [-0.2, 0) is 14.8 Å². The number of carbonyl (C=O) groups is 1. The molecule has 28 heavy (non-hydrogen) atoms. The second kappa shape index (κ2) is 9.16. The maximum absolute atomic E-state index is 13.3. The highest BCUT2D eigenvalue weighted by Crippen LogP contribution is 2.23. The van der Waals surface area contributed by atoms with E-state index in [1.165, 1.54) is 22.5 Å². The molecule has 0 aromatic heterocycles. The maximum Gasteiger partial charge on any atom is 0.243 e. The van der Waals surface area contributed by atoms with Gasteiger partial charge < -0.3 is 10.6 Å². The van der Waals surface area contributed by atoms with E-state index >= 15 is 0 Å². The molecule has 0 saturated carbocycles. The minimum Gasteiger partial charge on any atom is -0.376 e. The van der Waals surface area contributed by atoms with Crippen LogP contribution in [0.1, 0.15) is 25.0 Å². The molecule has 0 radical (unpaired) electrons. The number of hydrogen-bond acceptors (Lipinski definition) is 4. The van der Waals surface area contributed by atoms with E-state index in [0.29, 0.717) is 30.0 Å². The molecule has 2 aromatic rings. The van der Waals surface area contributed by atoms with E-state index in [4.69, 9.17) is 0 Å². The second-order valence-corrected chi connectivity index (χ2v) is 8.34. The van der Waals surface area contributed by atoms with E-state index < -0.39 is 15.8 Å². The van der Waals surface area contributed by atoms with Crippen molar-refractivity contribution in [1.29, 1.82) is 0 Å². The van der Waals surface area contributed by atoms with Crippen LogP contribution < -0.4 is 10.6 Å². The lowest BCUT2D eigenvalue weighted by atomic mass is 10.2. The number of nitrogens with zero attached hydrogens (tertiary/aromatic N) is 1. The summed E-state index contributed by atoms with van der Waals surface area (Å²) in [5, 5.41) is 5.57. The summed E-state index contributed by atoms with van der Waals surface area (Å²) in [6.07, 6.45) is 0. The fourth-order valence-electron chi connectivity index (χ4n) is 2.82. The van der Waals surface area contributed by atoms with Gasteiger partial charge in [0.25, 0.3) is 0 Å². The van der Waals surface area contributed by atoms with Gasteiger partial charge in [0.15, 0.2) is 0 Å². The number of nitrogens with one attached hydrogen (secondary N) is 2. The van der Waals surface area contributed by atoms with Crippen molar-refractivity contribution in [2.24, 2.45) is 0 Å². The molecule has 0 aliphatic carbocycles. The van der Waals surface area contributed by atoms with Crippen LogP contribution in [0, 0.1) is 19.7 Å². The standard InChI is InChI=1S/C20H26FN3O3S/c1-5-24(6-2)28(26,27)19-12-17(10-8-15(19)4)23-20(25)13-22-18-11-16(21)9-7-14(18)3/h7-12,22H,5-6,13H2,1-4H3,(H,23,25). The Hall–Kier alpha value is -2.45. The predicted molar refractivity (Wildman–Crippen MR) is 110 cm³/mol. The molecule has 0 atom stereocenters. The molecule has 0 aliphatic rings. The van der Waals surface area contributed by atoms with Crippen LogP contribution in [0.5, 0.6) is 0 Å². The summed E-state index contributed by atoms with van der Waals surface area (Å²) in [6, 6.07) is 9.08. The highest BCUT2D eigenvalue weighted by atomic mass is 32.2. The van der Waals surface area contributed by atoms with Gasteiger partial charge in [-0.15, -0.1) is 0 Å². The van der Waals surface area contributed by atoms with Crippen LogP contribution in [0.4, 0.5) is 15.8 Å². The minimum atomic E-state index is -3.63. The molecule has 8 heteroatoms. The lowest BCUT2D eigenvalue weighted by Gasteiger charge is -2.20. The fraction of sp³-hybridized carbons (Fsp3) is 0.350. The van der Waals surface area contributed by atoms with Crippen LogP contribution in [0.2, 0.25) is 0 Å². The molecule has 0 unspecified atom stereocenters. The smallest absolute Gasteiger partial charge is 0.243 e. The van der Waals surface area contributed by atoms with Crippen molar-refractivity contribution in [2.45, 2.75) is 32.6 Å². The summed E-state index contributed by atoms with van der Waals surface area (Å²) in [4.78, 5) is 12.4. The number of benzene rings is 2. The fourth-order valence-corrected chi connectivity index (χ4v) is 4.53. The maximum atomic E-state index is 13.3. The Labute approximate surface area is 165 Å². The highest BCUT2D eigenvalue weighted by molar-refractivity contribution is 7.89. The van der Waals surface area contributed by atoms with Gasteiger partial charge >= 0.3 is 0 Å². The molecule has 1 amide bonds. The Morgan fingerprint density at radius 2 is 1.68 bits per heavy atom. The van der Waals surface area contributed by atoms with E-state index in [9.17, 15) is 17.6 Å². The molecule has 0 heterocycles. The Balaban J connectivity index is 2.14. The number of aryl methyl sites for hydroxylation is 2. The zero-order chi connectivity index (χ0) is 20.9. The van der Waals surface area contributed by atoms with Crippen molar-refractivity contribution >= 4 is 27.3 Å². The largest absolute Gasteiger partial charge is 0.376 e. The summed E-state index contributed by atoms with van der Waals surface area (Å²) in [7, 11) is -3.63. The molecule has 0 spiro atoms. The van der Waals surface area contributed by atoms with Crippen molar-refractivity contribution in [1.82, 2.24) is 4.31 Å².